The summed E-state index contributed by atoms with van der Waals surface area (Å²) in [7, 11) is 1.30. The van der Waals surface area contributed by atoms with Crippen LogP contribution in [0.1, 0.15) is 12.5 Å². The second-order valence-corrected chi connectivity index (χ2v) is 3.96. The predicted octanol–water partition coefficient (Wildman–Crippen LogP) is 2.66. The number of aryl methyl sites for hydroxylation is 1. The van der Waals surface area contributed by atoms with Gasteiger partial charge in [-0.2, -0.15) is 0 Å². The standard InChI is InChI=1S/C13H16FNO2/c1-8(2)12(13(16)17-4)15-11-6-9(3)5-10(14)7-11/h5-7,12,15H,1H2,2-4H3. The number of anilines is 1. The van der Waals surface area contributed by atoms with E-state index in [2.05, 4.69) is 16.6 Å². The lowest BCUT2D eigenvalue weighted by molar-refractivity contribution is -0.140. The number of rotatable bonds is 4. The molecule has 1 aromatic rings. The Labute approximate surface area is 100 Å². The Morgan fingerprint density at radius 3 is 2.59 bits per heavy atom. The van der Waals surface area contributed by atoms with Crippen LogP contribution in [-0.2, 0) is 9.53 Å². The average molecular weight is 237 g/mol. The summed E-state index contributed by atoms with van der Waals surface area (Å²) in [5, 5.41) is 2.90. The van der Waals surface area contributed by atoms with Gasteiger partial charge in [0.25, 0.3) is 0 Å². The zero-order valence-electron chi connectivity index (χ0n) is 10.2. The van der Waals surface area contributed by atoms with Crippen molar-refractivity contribution >= 4 is 11.7 Å². The van der Waals surface area contributed by atoms with Gasteiger partial charge in [0.05, 0.1) is 7.11 Å². The Morgan fingerprint density at radius 1 is 1.47 bits per heavy atom. The fourth-order valence-electron chi connectivity index (χ4n) is 1.49. The molecule has 0 bridgehead atoms. The number of halogens is 1. The molecule has 92 valence electrons. The molecule has 0 amide bonds. The quantitative estimate of drug-likeness (QED) is 0.646. The van der Waals surface area contributed by atoms with E-state index in [4.69, 9.17) is 0 Å². The largest absolute Gasteiger partial charge is 0.467 e. The summed E-state index contributed by atoms with van der Waals surface area (Å²) in [5.74, 6) is -0.794. The Morgan fingerprint density at radius 2 is 2.12 bits per heavy atom. The molecule has 0 saturated heterocycles. The number of hydrogen-bond donors (Lipinski definition) is 1. The van der Waals surface area contributed by atoms with Crippen molar-refractivity contribution in [3.8, 4) is 0 Å². The predicted molar refractivity (Wildman–Crippen MR) is 65.4 cm³/mol. The molecule has 0 fully saturated rings. The molecule has 0 radical (unpaired) electrons. The highest BCUT2D eigenvalue weighted by Gasteiger charge is 2.19. The van der Waals surface area contributed by atoms with Crippen LogP contribution < -0.4 is 5.32 Å². The van der Waals surface area contributed by atoms with Gasteiger partial charge in [0.1, 0.15) is 11.9 Å². The van der Waals surface area contributed by atoms with Crippen LogP contribution in [0.4, 0.5) is 10.1 Å². The molecule has 3 nitrogen and oxygen atoms in total. The van der Waals surface area contributed by atoms with Crippen molar-refractivity contribution in [3.63, 3.8) is 0 Å². The lowest BCUT2D eigenvalue weighted by Gasteiger charge is -2.18. The Hall–Kier alpha value is -1.84. The van der Waals surface area contributed by atoms with E-state index in [0.29, 0.717) is 11.3 Å². The molecule has 1 atom stereocenters. The first-order chi connectivity index (χ1) is 7.93. The molecular formula is C13H16FNO2. The highest BCUT2D eigenvalue weighted by Crippen LogP contribution is 2.16. The first-order valence-electron chi connectivity index (χ1n) is 5.21. The average Bonchev–Trinajstić information content (AvgIpc) is 2.23. The second kappa shape index (κ2) is 5.48. The van der Waals surface area contributed by atoms with E-state index in [1.807, 2.05) is 0 Å². The van der Waals surface area contributed by atoms with Gasteiger partial charge in [-0.15, -0.1) is 0 Å². The zero-order chi connectivity index (χ0) is 13.0. The van der Waals surface area contributed by atoms with Crippen LogP contribution in [0.15, 0.2) is 30.4 Å². The molecule has 1 aromatic carbocycles. The first-order valence-corrected chi connectivity index (χ1v) is 5.21. The molecule has 17 heavy (non-hydrogen) atoms. The second-order valence-electron chi connectivity index (χ2n) is 3.96. The Balaban J connectivity index is 2.93. The van der Waals surface area contributed by atoms with E-state index in [-0.39, 0.29) is 5.82 Å². The number of nitrogens with one attached hydrogen (secondary N) is 1. The van der Waals surface area contributed by atoms with Gasteiger partial charge < -0.3 is 10.1 Å². The minimum Gasteiger partial charge on any atom is -0.467 e. The maximum atomic E-state index is 13.2. The maximum absolute atomic E-state index is 13.2. The minimum absolute atomic E-state index is 0.349. The number of carbonyl (C=O) groups is 1. The highest BCUT2D eigenvalue weighted by molar-refractivity contribution is 5.82. The molecule has 0 aromatic heterocycles. The van der Waals surface area contributed by atoms with Crippen molar-refractivity contribution in [2.24, 2.45) is 0 Å². The van der Waals surface area contributed by atoms with E-state index < -0.39 is 12.0 Å². The molecular weight excluding hydrogens is 221 g/mol. The monoisotopic (exact) mass is 237 g/mol. The van der Waals surface area contributed by atoms with Gasteiger partial charge in [0.15, 0.2) is 0 Å². The number of methoxy groups -OCH3 is 1. The maximum Gasteiger partial charge on any atom is 0.332 e. The lowest BCUT2D eigenvalue weighted by Crippen LogP contribution is -2.31. The van der Waals surface area contributed by atoms with Crippen LogP contribution in [0.5, 0.6) is 0 Å². The topological polar surface area (TPSA) is 38.3 Å². The fourth-order valence-corrected chi connectivity index (χ4v) is 1.49. The Kier molecular flexibility index (Phi) is 4.26. The third-order valence-electron chi connectivity index (χ3n) is 2.28. The highest BCUT2D eigenvalue weighted by atomic mass is 19.1. The molecule has 1 unspecified atom stereocenters. The van der Waals surface area contributed by atoms with E-state index in [9.17, 15) is 9.18 Å². The van der Waals surface area contributed by atoms with E-state index in [1.165, 1.54) is 19.2 Å². The van der Waals surface area contributed by atoms with E-state index >= 15 is 0 Å². The van der Waals surface area contributed by atoms with E-state index in [0.717, 1.165) is 5.56 Å². The lowest BCUT2D eigenvalue weighted by atomic mass is 10.1. The minimum atomic E-state index is -0.666. The fraction of sp³-hybridized carbons (Fsp3) is 0.308. The molecule has 1 rings (SSSR count). The van der Waals surface area contributed by atoms with Crippen LogP contribution in [0.2, 0.25) is 0 Å². The van der Waals surface area contributed by atoms with Gasteiger partial charge in [-0.05, 0) is 43.2 Å². The van der Waals surface area contributed by atoms with Crippen LogP contribution in [0.25, 0.3) is 0 Å². The molecule has 1 N–H and O–H groups in total. The molecule has 0 aliphatic carbocycles. The number of hydrogen-bond acceptors (Lipinski definition) is 3. The Bertz CT molecular complexity index is 423. The molecule has 0 aliphatic rings. The van der Waals surface area contributed by atoms with Crippen molar-refractivity contribution in [3.05, 3.63) is 41.7 Å². The van der Waals surface area contributed by atoms with Gasteiger partial charge >= 0.3 is 5.97 Å². The van der Waals surface area contributed by atoms with Gasteiger partial charge in [0.2, 0.25) is 0 Å². The molecule has 0 aliphatic heterocycles. The number of benzene rings is 1. The number of carbonyl (C=O) groups excluding carboxylic acids is 1. The third kappa shape index (κ3) is 3.59. The number of esters is 1. The molecule has 4 heteroatoms. The zero-order valence-corrected chi connectivity index (χ0v) is 10.2. The van der Waals surface area contributed by atoms with Crippen molar-refractivity contribution < 1.29 is 13.9 Å². The van der Waals surface area contributed by atoms with E-state index in [1.54, 1.807) is 19.9 Å². The van der Waals surface area contributed by atoms with Crippen LogP contribution in [-0.4, -0.2) is 19.1 Å². The van der Waals surface area contributed by atoms with Gasteiger partial charge in [0, 0.05) is 5.69 Å². The van der Waals surface area contributed by atoms with Gasteiger partial charge in [-0.3, -0.25) is 0 Å². The van der Waals surface area contributed by atoms with Crippen molar-refractivity contribution in [2.75, 3.05) is 12.4 Å². The summed E-state index contributed by atoms with van der Waals surface area (Å²) in [6, 6.07) is 3.83. The van der Waals surface area contributed by atoms with Gasteiger partial charge in [-0.1, -0.05) is 6.58 Å². The van der Waals surface area contributed by atoms with Crippen molar-refractivity contribution in [2.45, 2.75) is 19.9 Å². The smallest absolute Gasteiger partial charge is 0.332 e. The van der Waals surface area contributed by atoms with Crippen LogP contribution in [0.3, 0.4) is 0 Å². The first kappa shape index (κ1) is 13.2. The van der Waals surface area contributed by atoms with Crippen LogP contribution in [0, 0.1) is 12.7 Å². The summed E-state index contributed by atoms with van der Waals surface area (Å²) < 4.78 is 17.8. The molecule has 0 saturated carbocycles. The van der Waals surface area contributed by atoms with Crippen molar-refractivity contribution in [1.82, 2.24) is 0 Å². The summed E-state index contributed by atoms with van der Waals surface area (Å²) in [6.45, 7) is 7.20. The summed E-state index contributed by atoms with van der Waals surface area (Å²) in [4.78, 5) is 11.5. The van der Waals surface area contributed by atoms with Crippen molar-refractivity contribution in [1.29, 1.82) is 0 Å². The molecule has 0 spiro atoms. The summed E-state index contributed by atoms with van der Waals surface area (Å²) in [6.07, 6.45) is 0. The number of ether oxygens (including phenoxy) is 1. The molecule has 0 heterocycles. The third-order valence-corrected chi connectivity index (χ3v) is 2.28. The van der Waals surface area contributed by atoms with Crippen LogP contribution >= 0.6 is 0 Å². The summed E-state index contributed by atoms with van der Waals surface area (Å²) >= 11 is 0. The normalized spacial score (nSPS) is 11.8. The summed E-state index contributed by atoms with van der Waals surface area (Å²) in [5.41, 5.74) is 1.91. The van der Waals surface area contributed by atoms with Gasteiger partial charge in [-0.25, -0.2) is 9.18 Å². The SMILES string of the molecule is C=C(C)C(Nc1cc(C)cc(F)c1)C(=O)OC.